The summed E-state index contributed by atoms with van der Waals surface area (Å²) in [5.41, 5.74) is 0.992. The van der Waals surface area contributed by atoms with Crippen LogP contribution in [0.25, 0.3) is 0 Å². The molecule has 0 bridgehead atoms. The minimum absolute atomic E-state index is 0.0290. The Balaban J connectivity index is 2.30. The van der Waals surface area contributed by atoms with Gasteiger partial charge in [0.25, 0.3) is 0 Å². The lowest BCUT2D eigenvalue weighted by molar-refractivity contribution is -0.124. The van der Waals surface area contributed by atoms with Crippen LogP contribution in [-0.2, 0) is 16.0 Å². The molecule has 70 valence electrons. The Morgan fingerprint density at radius 1 is 1.54 bits per heavy atom. The van der Waals surface area contributed by atoms with E-state index in [0.717, 1.165) is 5.56 Å². The maximum atomic E-state index is 11.2. The van der Waals surface area contributed by atoms with E-state index in [0.29, 0.717) is 6.42 Å². The maximum Gasteiger partial charge on any atom is 0.224 e. The van der Waals surface area contributed by atoms with Crippen molar-refractivity contribution in [1.29, 1.82) is 0 Å². The highest BCUT2D eigenvalue weighted by molar-refractivity contribution is 7.07. The van der Waals surface area contributed by atoms with Gasteiger partial charge in [0.05, 0.1) is 13.0 Å². The summed E-state index contributed by atoms with van der Waals surface area (Å²) in [6.07, 6.45) is 0.358. The molecule has 1 N–H and O–H groups in total. The van der Waals surface area contributed by atoms with Crippen molar-refractivity contribution in [3.63, 3.8) is 0 Å². The number of hydrogen-bond donors (Lipinski definition) is 1. The lowest BCUT2D eigenvalue weighted by Gasteiger charge is -2.00. The van der Waals surface area contributed by atoms with Gasteiger partial charge in [0, 0.05) is 0 Å². The van der Waals surface area contributed by atoms with Crippen molar-refractivity contribution in [2.75, 3.05) is 6.54 Å². The third-order valence-electron chi connectivity index (χ3n) is 1.48. The summed E-state index contributed by atoms with van der Waals surface area (Å²) in [6.45, 7) is 1.58. The van der Waals surface area contributed by atoms with E-state index in [4.69, 9.17) is 0 Å². The highest BCUT2D eigenvalue weighted by Gasteiger charge is 2.03. The summed E-state index contributed by atoms with van der Waals surface area (Å²) in [5.74, 6) is -0.132. The van der Waals surface area contributed by atoms with Crippen molar-refractivity contribution in [2.24, 2.45) is 0 Å². The molecule has 0 saturated heterocycles. The molecular formula is C9H11NO2S. The number of carbonyl (C=O) groups excluding carboxylic acids is 2. The average molecular weight is 197 g/mol. The Kier molecular flexibility index (Phi) is 3.64. The number of ketones is 1. The first-order valence-corrected chi connectivity index (χ1v) is 4.90. The fourth-order valence-corrected chi connectivity index (χ4v) is 1.53. The van der Waals surface area contributed by atoms with Gasteiger partial charge < -0.3 is 5.32 Å². The smallest absolute Gasteiger partial charge is 0.224 e. The zero-order valence-corrected chi connectivity index (χ0v) is 8.19. The minimum atomic E-state index is -0.103. The van der Waals surface area contributed by atoms with Crippen LogP contribution >= 0.6 is 11.3 Å². The molecule has 0 atom stereocenters. The van der Waals surface area contributed by atoms with E-state index in [1.165, 1.54) is 6.92 Å². The van der Waals surface area contributed by atoms with Crippen LogP contribution in [0.5, 0.6) is 0 Å². The van der Waals surface area contributed by atoms with E-state index < -0.39 is 0 Å². The second kappa shape index (κ2) is 4.77. The predicted octanol–water partition coefficient (Wildman–Crippen LogP) is 0.996. The summed E-state index contributed by atoms with van der Waals surface area (Å²) in [7, 11) is 0. The number of rotatable bonds is 4. The standard InChI is InChI=1S/C9H11NO2S/c1-7(11)5-10-9(12)4-8-2-3-13-6-8/h2-3,6H,4-5H2,1H3,(H,10,12). The minimum Gasteiger partial charge on any atom is -0.349 e. The van der Waals surface area contributed by atoms with Crippen LogP contribution < -0.4 is 5.32 Å². The molecule has 0 aliphatic heterocycles. The summed E-state index contributed by atoms with van der Waals surface area (Å²) in [5, 5.41) is 6.38. The van der Waals surface area contributed by atoms with Crippen LogP contribution in [0.2, 0.25) is 0 Å². The Morgan fingerprint density at radius 2 is 2.31 bits per heavy atom. The topological polar surface area (TPSA) is 46.2 Å². The fraction of sp³-hybridized carbons (Fsp3) is 0.333. The SMILES string of the molecule is CC(=O)CNC(=O)Cc1ccsc1. The normalized spacial score (nSPS) is 9.62. The molecule has 0 aliphatic carbocycles. The van der Waals surface area contributed by atoms with Gasteiger partial charge >= 0.3 is 0 Å². The van der Waals surface area contributed by atoms with Crippen LogP contribution in [0.15, 0.2) is 16.8 Å². The van der Waals surface area contributed by atoms with Gasteiger partial charge in [0.15, 0.2) is 0 Å². The molecule has 0 spiro atoms. The van der Waals surface area contributed by atoms with Gasteiger partial charge in [-0.05, 0) is 29.3 Å². The summed E-state index contributed by atoms with van der Waals surface area (Å²) >= 11 is 1.56. The lowest BCUT2D eigenvalue weighted by Crippen LogP contribution is -2.29. The van der Waals surface area contributed by atoms with Crippen molar-refractivity contribution < 1.29 is 9.59 Å². The number of thiophene rings is 1. The number of nitrogens with one attached hydrogen (secondary N) is 1. The molecule has 3 nitrogen and oxygen atoms in total. The Hall–Kier alpha value is -1.16. The van der Waals surface area contributed by atoms with Crippen molar-refractivity contribution in [3.8, 4) is 0 Å². The molecular weight excluding hydrogens is 186 g/mol. The molecule has 1 heterocycles. The summed E-state index contributed by atoms with van der Waals surface area (Å²) in [6, 6.07) is 1.90. The first-order chi connectivity index (χ1) is 6.18. The van der Waals surface area contributed by atoms with E-state index in [1.54, 1.807) is 11.3 Å². The van der Waals surface area contributed by atoms with Crippen molar-refractivity contribution in [2.45, 2.75) is 13.3 Å². The van der Waals surface area contributed by atoms with Crippen molar-refractivity contribution in [3.05, 3.63) is 22.4 Å². The number of hydrogen-bond acceptors (Lipinski definition) is 3. The van der Waals surface area contributed by atoms with E-state index in [2.05, 4.69) is 5.32 Å². The van der Waals surface area contributed by atoms with Gasteiger partial charge in [-0.3, -0.25) is 9.59 Å². The second-order valence-electron chi connectivity index (χ2n) is 2.79. The molecule has 1 aromatic rings. The molecule has 0 fully saturated rings. The molecule has 13 heavy (non-hydrogen) atoms. The molecule has 1 aromatic heterocycles. The highest BCUT2D eigenvalue weighted by atomic mass is 32.1. The van der Waals surface area contributed by atoms with Gasteiger partial charge in [-0.1, -0.05) is 0 Å². The molecule has 1 amide bonds. The largest absolute Gasteiger partial charge is 0.349 e. The molecule has 0 unspecified atom stereocenters. The Morgan fingerprint density at radius 3 is 2.85 bits per heavy atom. The highest BCUT2D eigenvalue weighted by Crippen LogP contribution is 2.05. The maximum absolute atomic E-state index is 11.2. The lowest BCUT2D eigenvalue weighted by atomic mass is 10.2. The van der Waals surface area contributed by atoms with Gasteiger partial charge in [-0.2, -0.15) is 11.3 Å². The van der Waals surface area contributed by atoms with Crippen molar-refractivity contribution in [1.82, 2.24) is 5.32 Å². The van der Waals surface area contributed by atoms with Gasteiger partial charge in [-0.15, -0.1) is 0 Å². The first-order valence-electron chi connectivity index (χ1n) is 3.95. The van der Waals surface area contributed by atoms with Crippen LogP contribution in [0.3, 0.4) is 0 Å². The van der Waals surface area contributed by atoms with Crippen LogP contribution in [-0.4, -0.2) is 18.2 Å². The molecule has 0 saturated carbocycles. The van der Waals surface area contributed by atoms with Crippen molar-refractivity contribution >= 4 is 23.0 Å². The fourth-order valence-electron chi connectivity index (χ4n) is 0.864. The molecule has 0 radical (unpaired) electrons. The first kappa shape index (κ1) is 9.92. The Labute approximate surface area is 80.8 Å². The average Bonchev–Trinajstić information content (AvgIpc) is 2.53. The van der Waals surface area contributed by atoms with Crippen LogP contribution in [0.1, 0.15) is 12.5 Å². The number of Topliss-reactive ketones (excluding diaryl/α,β-unsaturated/α-hetero) is 1. The zero-order valence-electron chi connectivity index (χ0n) is 7.37. The number of amides is 1. The molecule has 1 rings (SSSR count). The third-order valence-corrected chi connectivity index (χ3v) is 2.21. The summed E-state index contributed by atoms with van der Waals surface area (Å²) in [4.78, 5) is 21.7. The van der Waals surface area contributed by atoms with E-state index in [-0.39, 0.29) is 18.2 Å². The van der Waals surface area contributed by atoms with E-state index in [9.17, 15) is 9.59 Å². The number of carbonyl (C=O) groups is 2. The zero-order chi connectivity index (χ0) is 9.68. The Bertz CT molecular complexity index is 293. The van der Waals surface area contributed by atoms with Gasteiger partial charge in [0.1, 0.15) is 5.78 Å². The van der Waals surface area contributed by atoms with Crippen LogP contribution in [0, 0.1) is 0 Å². The van der Waals surface area contributed by atoms with Crippen LogP contribution in [0.4, 0.5) is 0 Å². The van der Waals surface area contributed by atoms with E-state index >= 15 is 0 Å². The monoisotopic (exact) mass is 197 g/mol. The van der Waals surface area contributed by atoms with E-state index in [1.807, 2.05) is 16.8 Å². The molecule has 0 aliphatic rings. The molecule has 4 heteroatoms. The second-order valence-corrected chi connectivity index (χ2v) is 3.57. The third kappa shape index (κ3) is 3.85. The predicted molar refractivity (Wildman–Crippen MR) is 51.7 cm³/mol. The summed E-state index contributed by atoms with van der Waals surface area (Å²) < 4.78 is 0. The molecule has 0 aromatic carbocycles. The quantitative estimate of drug-likeness (QED) is 0.782. The van der Waals surface area contributed by atoms with Gasteiger partial charge in [-0.25, -0.2) is 0 Å². The van der Waals surface area contributed by atoms with Gasteiger partial charge in [0.2, 0.25) is 5.91 Å².